The van der Waals surface area contributed by atoms with Crippen molar-refractivity contribution < 1.29 is 9.47 Å². The first-order valence-corrected chi connectivity index (χ1v) is 5.93. The molecule has 1 aliphatic heterocycles. The second kappa shape index (κ2) is 6.04. The number of benzene rings is 1. The first-order chi connectivity index (χ1) is 7.90. The third-order valence-corrected chi connectivity index (χ3v) is 2.61. The number of hydrogen-bond donors (Lipinski definition) is 0. The van der Waals surface area contributed by atoms with Crippen molar-refractivity contribution >= 4 is 11.6 Å². The molecule has 0 amide bonds. The van der Waals surface area contributed by atoms with Crippen molar-refractivity contribution in [3.63, 3.8) is 0 Å². The molecule has 2 atom stereocenters. The lowest BCUT2D eigenvalue weighted by molar-refractivity contribution is 0.104. The zero-order chi connectivity index (χ0) is 11.2. The molecule has 2 rings (SSSR count). The minimum Gasteiger partial charge on any atom is -0.374 e. The van der Waals surface area contributed by atoms with Crippen molar-refractivity contribution in [2.24, 2.45) is 0 Å². The summed E-state index contributed by atoms with van der Waals surface area (Å²) in [6, 6.07) is 10.1. The van der Waals surface area contributed by atoms with Gasteiger partial charge >= 0.3 is 0 Å². The first-order valence-electron chi connectivity index (χ1n) is 5.40. The number of hydrogen-bond acceptors (Lipinski definition) is 2. The summed E-state index contributed by atoms with van der Waals surface area (Å²) in [7, 11) is 0. The molecule has 1 fully saturated rings. The van der Waals surface area contributed by atoms with E-state index < -0.39 is 0 Å². The average Bonchev–Trinajstić information content (AvgIpc) is 3.07. The van der Waals surface area contributed by atoms with Crippen LogP contribution in [0, 0.1) is 0 Å². The van der Waals surface area contributed by atoms with Crippen LogP contribution in [0.15, 0.2) is 42.5 Å². The minimum absolute atomic E-state index is 0.203. The van der Waals surface area contributed by atoms with Gasteiger partial charge in [-0.2, -0.15) is 0 Å². The summed E-state index contributed by atoms with van der Waals surface area (Å²) in [5.41, 5.74) is 1.19. The van der Waals surface area contributed by atoms with E-state index in [1.807, 2.05) is 30.4 Å². The van der Waals surface area contributed by atoms with Crippen LogP contribution < -0.4 is 0 Å². The molecule has 0 unspecified atom stereocenters. The molecule has 0 bridgehead atoms. The maximum Gasteiger partial charge on any atom is 0.111 e. The van der Waals surface area contributed by atoms with Gasteiger partial charge in [-0.25, -0.2) is 0 Å². The van der Waals surface area contributed by atoms with Crippen LogP contribution in [0.3, 0.4) is 0 Å². The lowest BCUT2D eigenvalue weighted by Gasteiger charge is -2.01. The molecular formula is C13H15ClO2. The Kier molecular flexibility index (Phi) is 4.40. The molecule has 1 aromatic carbocycles. The Hall–Kier alpha value is -0.830. The highest BCUT2D eigenvalue weighted by Gasteiger charge is 2.36. The molecule has 0 aliphatic carbocycles. The molecule has 0 saturated carbocycles. The summed E-state index contributed by atoms with van der Waals surface area (Å²) in [5.74, 6) is 0.539. The molecule has 0 aromatic heterocycles. The highest BCUT2D eigenvalue weighted by atomic mass is 35.5. The van der Waals surface area contributed by atoms with Gasteiger partial charge in [-0.15, -0.1) is 11.6 Å². The Morgan fingerprint density at radius 2 is 2.12 bits per heavy atom. The molecule has 1 aromatic rings. The van der Waals surface area contributed by atoms with E-state index in [2.05, 4.69) is 12.1 Å². The Morgan fingerprint density at radius 3 is 2.88 bits per heavy atom. The highest BCUT2D eigenvalue weighted by molar-refractivity contribution is 6.18. The van der Waals surface area contributed by atoms with Crippen molar-refractivity contribution in [1.29, 1.82) is 0 Å². The van der Waals surface area contributed by atoms with E-state index in [0.29, 0.717) is 19.1 Å². The van der Waals surface area contributed by atoms with Gasteiger partial charge in [0.05, 0.1) is 13.2 Å². The van der Waals surface area contributed by atoms with Gasteiger partial charge in [-0.1, -0.05) is 42.5 Å². The normalized spacial score (nSPS) is 23.8. The van der Waals surface area contributed by atoms with Crippen LogP contribution in [0.4, 0.5) is 0 Å². The Labute approximate surface area is 101 Å². The summed E-state index contributed by atoms with van der Waals surface area (Å²) < 4.78 is 10.9. The number of alkyl halides is 1. The lowest BCUT2D eigenvalue weighted by atomic mass is 10.2. The summed E-state index contributed by atoms with van der Waals surface area (Å²) in [4.78, 5) is 0. The van der Waals surface area contributed by atoms with Crippen LogP contribution in [0.1, 0.15) is 5.56 Å². The van der Waals surface area contributed by atoms with Crippen LogP contribution in [0.25, 0.3) is 0 Å². The Balaban J connectivity index is 1.62. The highest BCUT2D eigenvalue weighted by Crippen LogP contribution is 2.23. The quantitative estimate of drug-likeness (QED) is 0.432. The molecule has 2 nitrogen and oxygen atoms in total. The maximum atomic E-state index is 5.56. The van der Waals surface area contributed by atoms with Crippen molar-refractivity contribution in [3.8, 4) is 0 Å². The first kappa shape index (κ1) is 11.6. The fourth-order valence-electron chi connectivity index (χ4n) is 1.51. The molecule has 0 radical (unpaired) electrons. The number of ether oxygens (including phenoxy) is 2. The average molecular weight is 239 g/mol. The smallest absolute Gasteiger partial charge is 0.111 e. The van der Waals surface area contributed by atoms with Crippen LogP contribution in [0.2, 0.25) is 0 Å². The molecule has 16 heavy (non-hydrogen) atoms. The zero-order valence-electron chi connectivity index (χ0n) is 9.01. The maximum absolute atomic E-state index is 5.56. The van der Waals surface area contributed by atoms with E-state index in [4.69, 9.17) is 21.1 Å². The monoisotopic (exact) mass is 238 g/mol. The van der Waals surface area contributed by atoms with Crippen molar-refractivity contribution in [2.75, 3.05) is 12.5 Å². The SMILES string of the molecule is ClC/C=C/[C@@H]1O[C@H]1COCc1ccccc1. The van der Waals surface area contributed by atoms with Gasteiger partial charge in [-0.3, -0.25) is 0 Å². The Bertz CT molecular complexity index is 337. The zero-order valence-corrected chi connectivity index (χ0v) is 9.77. The van der Waals surface area contributed by atoms with Crippen LogP contribution in [-0.2, 0) is 16.1 Å². The summed E-state index contributed by atoms with van der Waals surface area (Å²) in [6.45, 7) is 1.29. The molecule has 0 N–H and O–H groups in total. The van der Waals surface area contributed by atoms with E-state index in [1.165, 1.54) is 5.56 Å². The fourth-order valence-corrected chi connectivity index (χ4v) is 1.62. The van der Waals surface area contributed by atoms with Gasteiger partial charge in [0.2, 0.25) is 0 Å². The fraction of sp³-hybridized carbons (Fsp3) is 0.385. The largest absolute Gasteiger partial charge is 0.374 e. The van der Waals surface area contributed by atoms with Gasteiger partial charge in [-0.05, 0) is 5.56 Å². The second-order valence-electron chi connectivity index (χ2n) is 3.72. The van der Waals surface area contributed by atoms with Crippen LogP contribution in [0.5, 0.6) is 0 Å². The molecule has 1 saturated heterocycles. The van der Waals surface area contributed by atoms with Crippen molar-refractivity contribution in [1.82, 2.24) is 0 Å². The second-order valence-corrected chi connectivity index (χ2v) is 4.03. The van der Waals surface area contributed by atoms with Gasteiger partial charge in [0.25, 0.3) is 0 Å². The van der Waals surface area contributed by atoms with E-state index in [0.717, 1.165) is 0 Å². The van der Waals surface area contributed by atoms with Gasteiger partial charge in [0.1, 0.15) is 12.2 Å². The molecular weight excluding hydrogens is 224 g/mol. The van der Waals surface area contributed by atoms with E-state index in [9.17, 15) is 0 Å². The lowest BCUT2D eigenvalue weighted by Crippen LogP contribution is -2.03. The van der Waals surface area contributed by atoms with Crippen LogP contribution >= 0.6 is 11.6 Å². The minimum atomic E-state index is 0.203. The topological polar surface area (TPSA) is 21.8 Å². The number of rotatable bonds is 6. The predicted molar refractivity (Wildman–Crippen MR) is 64.6 cm³/mol. The van der Waals surface area contributed by atoms with Gasteiger partial charge in [0.15, 0.2) is 0 Å². The molecule has 3 heteroatoms. The molecule has 1 heterocycles. The van der Waals surface area contributed by atoms with Gasteiger partial charge in [0, 0.05) is 5.88 Å². The third kappa shape index (κ3) is 3.63. The van der Waals surface area contributed by atoms with Crippen LogP contribution in [-0.4, -0.2) is 24.7 Å². The van der Waals surface area contributed by atoms with Crippen molar-refractivity contribution in [2.45, 2.75) is 18.8 Å². The number of halogens is 1. The third-order valence-electron chi connectivity index (χ3n) is 2.43. The standard InChI is InChI=1S/C13H15ClO2/c14-8-4-7-12-13(16-12)10-15-9-11-5-2-1-3-6-11/h1-7,12-13H,8-10H2/b7-4+/t12-,13-/m0/s1. The summed E-state index contributed by atoms with van der Waals surface area (Å²) in [6.07, 6.45) is 4.31. The van der Waals surface area contributed by atoms with E-state index >= 15 is 0 Å². The molecule has 86 valence electrons. The van der Waals surface area contributed by atoms with E-state index in [1.54, 1.807) is 0 Å². The molecule has 0 spiro atoms. The Morgan fingerprint density at radius 1 is 1.31 bits per heavy atom. The van der Waals surface area contributed by atoms with E-state index in [-0.39, 0.29) is 12.2 Å². The summed E-state index contributed by atoms with van der Waals surface area (Å²) in [5, 5.41) is 0. The summed E-state index contributed by atoms with van der Waals surface area (Å²) >= 11 is 5.53. The number of epoxide rings is 1. The predicted octanol–water partition coefficient (Wildman–Crippen LogP) is 2.77. The molecule has 1 aliphatic rings. The number of allylic oxidation sites excluding steroid dienone is 1. The van der Waals surface area contributed by atoms with Gasteiger partial charge < -0.3 is 9.47 Å². The van der Waals surface area contributed by atoms with Crippen molar-refractivity contribution in [3.05, 3.63) is 48.0 Å².